The van der Waals surface area contributed by atoms with E-state index in [1.807, 2.05) is 24.3 Å². The first-order chi connectivity index (χ1) is 7.29. The minimum Gasteiger partial charge on any atom is -0.327 e. The predicted molar refractivity (Wildman–Crippen MR) is 63.4 cm³/mol. The number of nitrogens with two attached hydrogens (primary N) is 1. The molecule has 1 nitrogen and oxygen atoms in total. The Hall–Kier alpha value is -0.800. The number of rotatable bonds is 4. The van der Waals surface area contributed by atoms with E-state index in [1.165, 1.54) is 12.8 Å². The quantitative estimate of drug-likeness (QED) is 0.849. The molecule has 2 rings (SSSR count). The van der Waals surface area contributed by atoms with E-state index < -0.39 is 0 Å². The van der Waals surface area contributed by atoms with Gasteiger partial charge in [-0.3, -0.25) is 0 Å². The van der Waals surface area contributed by atoms with Crippen LogP contribution in [0.4, 0.5) is 4.39 Å². The van der Waals surface area contributed by atoms with Gasteiger partial charge in [0.1, 0.15) is 5.82 Å². The second-order valence-electron chi connectivity index (χ2n) is 3.65. The van der Waals surface area contributed by atoms with Crippen LogP contribution >= 0.6 is 11.8 Å². The van der Waals surface area contributed by atoms with Gasteiger partial charge in [0.25, 0.3) is 0 Å². The molecule has 0 unspecified atom stereocenters. The summed E-state index contributed by atoms with van der Waals surface area (Å²) in [6.07, 6.45) is 6.11. The normalized spacial score (nSPS) is 16.1. The maximum atomic E-state index is 13.6. The molecule has 0 amide bonds. The first-order valence-electron chi connectivity index (χ1n) is 5.12. The van der Waals surface area contributed by atoms with Crippen molar-refractivity contribution in [2.24, 2.45) is 5.73 Å². The molecule has 0 bridgehead atoms. The Balaban J connectivity index is 2.10. The zero-order valence-electron chi connectivity index (χ0n) is 8.45. The number of benzene rings is 1. The molecule has 1 saturated carbocycles. The van der Waals surface area contributed by atoms with Crippen LogP contribution < -0.4 is 5.73 Å². The number of halogens is 1. The van der Waals surface area contributed by atoms with Crippen LogP contribution in [-0.4, -0.2) is 11.8 Å². The summed E-state index contributed by atoms with van der Waals surface area (Å²) in [4.78, 5) is 0.766. The Labute approximate surface area is 93.6 Å². The molecular formula is C12H14FNS. The van der Waals surface area contributed by atoms with E-state index in [0.29, 0.717) is 11.8 Å². The third-order valence-corrected chi connectivity index (χ3v) is 3.61. The zero-order valence-corrected chi connectivity index (χ0v) is 9.27. The van der Waals surface area contributed by atoms with E-state index in [-0.39, 0.29) is 5.82 Å². The number of hydrogen-bond acceptors (Lipinski definition) is 2. The minimum atomic E-state index is -0.119. The first-order valence-corrected chi connectivity index (χ1v) is 6.00. The molecular weight excluding hydrogens is 209 g/mol. The van der Waals surface area contributed by atoms with E-state index in [1.54, 1.807) is 17.8 Å². The first kappa shape index (κ1) is 10.7. The fourth-order valence-corrected chi connectivity index (χ4v) is 2.33. The molecule has 0 heterocycles. The van der Waals surface area contributed by atoms with Crippen LogP contribution in [0.2, 0.25) is 0 Å². The summed E-state index contributed by atoms with van der Waals surface area (Å²) in [5, 5.41) is 0.643. The number of thioether (sulfide) groups is 1. The van der Waals surface area contributed by atoms with Crippen LogP contribution in [0.5, 0.6) is 0 Å². The standard InChI is InChI=1S/C12H14FNS/c13-11-8-9(2-1-7-14)3-6-12(11)15-10-4-5-10/h1-3,6,8,10H,4-5,7,14H2/b2-1+. The molecule has 1 aromatic carbocycles. The van der Waals surface area contributed by atoms with Crippen molar-refractivity contribution in [3.63, 3.8) is 0 Å². The largest absolute Gasteiger partial charge is 0.327 e. The van der Waals surface area contributed by atoms with Crippen LogP contribution in [0.1, 0.15) is 18.4 Å². The molecule has 0 saturated heterocycles. The van der Waals surface area contributed by atoms with E-state index >= 15 is 0 Å². The maximum Gasteiger partial charge on any atom is 0.137 e. The molecule has 3 heteroatoms. The van der Waals surface area contributed by atoms with Gasteiger partial charge in [0.15, 0.2) is 0 Å². The van der Waals surface area contributed by atoms with Gasteiger partial charge in [0, 0.05) is 16.7 Å². The van der Waals surface area contributed by atoms with Crippen LogP contribution in [0.25, 0.3) is 6.08 Å². The fraction of sp³-hybridized carbons (Fsp3) is 0.333. The second-order valence-corrected chi connectivity index (χ2v) is 4.99. The van der Waals surface area contributed by atoms with Crippen molar-refractivity contribution < 1.29 is 4.39 Å². The van der Waals surface area contributed by atoms with Crippen LogP contribution in [0, 0.1) is 5.82 Å². The molecule has 1 aliphatic carbocycles. The third-order valence-electron chi connectivity index (χ3n) is 2.22. The zero-order chi connectivity index (χ0) is 10.7. The predicted octanol–water partition coefficient (Wildman–Crippen LogP) is 3.05. The summed E-state index contributed by atoms with van der Waals surface area (Å²) in [7, 11) is 0. The topological polar surface area (TPSA) is 26.0 Å². The van der Waals surface area contributed by atoms with Gasteiger partial charge in [-0.2, -0.15) is 0 Å². The molecule has 0 aliphatic heterocycles. The maximum absolute atomic E-state index is 13.6. The SMILES string of the molecule is NC/C=C/c1ccc(SC2CC2)c(F)c1. The fourth-order valence-electron chi connectivity index (χ4n) is 1.29. The van der Waals surface area contributed by atoms with E-state index in [4.69, 9.17) is 5.73 Å². The van der Waals surface area contributed by atoms with Crippen molar-refractivity contribution in [2.45, 2.75) is 23.0 Å². The van der Waals surface area contributed by atoms with Gasteiger partial charge in [0.05, 0.1) is 0 Å². The van der Waals surface area contributed by atoms with Crippen molar-refractivity contribution in [1.29, 1.82) is 0 Å². The van der Waals surface area contributed by atoms with Crippen molar-refractivity contribution in [3.05, 3.63) is 35.7 Å². The van der Waals surface area contributed by atoms with Crippen molar-refractivity contribution in [3.8, 4) is 0 Å². The van der Waals surface area contributed by atoms with E-state index in [0.717, 1.165) is 10.5 Å². The minimum absolute atomic E-state index is 0.119. The molecule has 0 radical (unpaired) electrons. The van der Waals surface area contributed by atoms with Gasteiger partial charge in [-0.15, -0.1) is 11.8 Å². The smallest absolute Gasteiger partial charge is 0.137 e. The van der Waals surface area contributed by atoms with Crippen LogP contribution in [0.3, 0.4) is 0 Å². The summed E-state index contributed by atoms with van der Waals surface area (Å²) in [6.45, 7) is 0.486. The molecule has 1 fully saturated rings. The summed E-state index contributed by atoms with van der Waals surface area (Å²) in [5.41, 5.74) is 6.21. The molecule has 0 atom stereocenters. The lowest BCUT2D eigenvalue weighted by Crippen LogP contribution is -1.92. The molecule has 0 spiro atoms. The molecule has 0 aromatic heterocycles. The lowest BCUT2D eigenvalue weighted by atomic mass is 10.2. The Kier molecular flexibility index (Phi) is 3.44. The van der Waals surface area contributed by atoms with Gasteiger partial charge in [-0.25, -0.2) is 4.39 Å². The Morgan fingerprint density at radius 2 is 2.27 bits per heavy atom. The van der Waals surface area contributed by atoms with Crippen molar-refractivity contribution in [2.75, 3.05) is 6.54 Å². The summed E-state index contributed by atoms with van der Waals surface area (Å²) >= 11 is 1.64. The molecule has 1 aromatic rings. The van der Waals surface area contributed by atoms with E-state index in [2.05, 4.69) is 0 Å². The Morgan fingerprint density at radius 3 is 2.87 bits per heavy atom. The van der Waals surface area contributed by atoms with Crippen LogP contribution in [-0.2, 0) is 0 Å². The van der Waals surface area contributed by atoms with Crippen molar-refractivity contribution >= 4 is 17.8 Å². The highest BCUT2D eigenvalue weighted by Gasteiger charge is 2.23. The second kappa shape index (κ2) is 4.81. The lowest BCUT2D eigenvalue weighted by molar-refractivity contribution is 0.601. The summed E-state index contributed by atoms with van der Waals surface area (Å²) < 4.78 is 13.6. The van der Waals surface area contributed by atoms with Gasteiger partial charge < -0.3 is 5.73 Å². The Morgan fingerprint density at radius 1 is 1.47 bits per heavy atom. The highest BCUT2D eigenvalue weighted by molar-refractivity contribution is 8.00. The molecule has 2 N–H and O–H groups in total. The third kappa shape index (κ3) is 3.08. The van der Waals surface area contributed by atoms with Crippen molar-refractivity contribution in [1.82, 2.24) is 0 Å². The highest BCUT2D eigenvalue weighted by atomic mass is 32.2. The van der Waals surface area contributed by atoms with E-state index in [9.17, 15) is 4.39 Å². The van der Waals surface area contributed by atoms with Gasteiger partial charge in [-0.1, -0.05) is 18.2 Å². The highest BCUT2D eigenvalue weighted by Crippen LogP contribution is 2.40. The summed E-state index contributed by atoms with van der Waals surface area (Å²) in [6, 6.07) is 5.35. The average molecular weight is 223 g/mol. The molecule has 15 heavy (non-hydrogen) atoms. The molecule has 1 aliphatic rings. The Bertz CT molecular complexity index is 372. The van der Waals surface area contributed by atoms with Crippen LogP contribution in [0.15, 0.2) is 29.2 Å². The molecule has 80 valence electrons. The average Bonchev–Trinajstić information content (AvgIpc) is 3.02. The van der Waals surface area contributed by atoms with Gasteiger partial charge in [0.2, 0.25) is 0 Å². The van der Waals surface area contributed by atoms with Gasteiger partial charge in [-0.05, 0) is 30.5 Å². The lowest BCUT2D eigenvalue weighted by Gasteiger charge is -2.02. The van der Waals surface area contributed by atoms with Gasteiger partial charge >= 0.3 is 0 Å². The monoisotopic (exact) mass is 223 g/mol. The number of hydrogen-bond donors (Lipinski definition) is 1. The summed E-state index contributed by atoms with van der Waals surface area (Å²) in [5.74, 6) is -0.119.